The van der Waals surface area contributed by atoms with Crippen LogP contribution in [0.2, 0.25) is 0 Å². The number of fused-ring (bicyclic) bond motifs is 1. The molecule has 2 aliphatic carbocycles. The lowest BCUT2D eigenvalue weighted by Gasteiger charge is -2.61. The van der Waals surface area contributed by atoms with Crippen molar-refractivity contribution in [1.82, 2.24) is 0 Å². The van der Waals surface area contributed by atoms with E-state index in [0.717, 1.165) is 24.8 Å². The minimum Gasteiger partial charge on any atom is -0.456 e. The van der Waals surface area contributed by atoms with Crippen molar-refractivity contribution in [3.63, 3.8) is 0 Å². The molecule has 8 heteroatoms. The van der Waals surface area contributed by atoms with Crippen molar-refractivity contribution in [2.24, 2.45) is 22.7 Å². The van der Waals surface area contributed by atoms with Gasteiger partial charge in [-0.15, -0.1) is 0 Å². The van der Waals surface area contributed by atoms with Crippen LogP contribution >= 0.6 is 0 Å². The summed E-state index contributed by atoms with van der Waals surface area (Å²) in [7, 11) is 0. The summed E-state index contributed by atoms with van der Waals surface area (Å²) in [4.78, 5) is 13.0. The Bertz CT molecular complexity index is 968. The van der Waals surface area contributed by atoms with Crippen molar-refractivity contribution in [3.8, 4) is 0 Å². The Balaban J connectivity index is 2.01. The first-order valence-electron chi connectivity index (χ1n) is 14.3. The summed E-state index contributed by atoms with van der Waals surface area (Å²) < 4.78 is 18.4. The van der Waals surface area contributed by atoms with Crippen LogP contribution in [0.25, 0.3) is 0 Å². The second-order valence-corrected chi connectivity index (χ2v) is 12.7. The molecule has 8 nitrogen and oxygen atoms in total. The van der Waals surface area contributed by atoms with Crippen LogP contribution in [-0.2, 0) is 19.0 Å². The second-order valence-electron chi connectivity index (χ2n) is 12.7. The third kappa shape index (κ3) is 6.36. The van der Waals surface area contributed by atoms with Gasteiger partial charge in [-0.05, 0) is 77.6 Å². The van der Waals surface area contributed by atoms with Gasteiger partial charge in [-0.25, -0.2) is 4.79 Å². The number of allylic oxidation sites excluding steroid dienone is 4. The number of ether oxygens (including phenoxy) is 3. The molecule has 0 spiro atoms. The molecule has 0 bridgehead atoms. The number of esters is 1. The molecule has 4 N–H and O–H groups in total. The van der Waals surface area contributed by atoms with Crippen LogP contribution < -0.4 is 0 Å². The van der Waals surface area contributed by atoms with E-state index >= 15 is 0 Å². The maximum Gasteiger partial charge on any atom is 0.333 e. The van der Waals surface area contributed by atoms with Crippen molar-refractivity contribution in [2.75, 3.05) is 6.61 Å². The first-order valence-corrected chi connectivity index (χ1v) is 14.3. The molecule has 1 heterocycles. The Kier molecular flexibility index (Phi) is 10.3. The first kappa shape index (κ1) is 32.0. The molecule has 1 aliphatic heterocycles. The van der Waals surface area contributed by atoms with Crippen LogP contribution in [0.5, 0.6) is 0 Å². The number of rotatable bonds is 8. The maximum atomic E-state index is 13.0. The second kappa shape index (κ2) is 12.5. The highest BCUT2D eigenvalue weighted by molar-refractivity contribution is 5.87. The minimum atomic E-state index is -1.45. The fraction of sp³-hybridized carbons (Fsp3) is 0.774. The number of hydrogen-bond donors (Lipinski definition) is 4. The summed E-state index contributed by atoms with van der Waals surface area (Å²) in [5.41, 5.74) is 2.27. The molecule has 0 radical (unpaired) electrons. The average molecular weight is 551 g/mol. The standard InChI is InChI=1S/C31H50O8/c1-9-18(3)28(36)39-27-22(38-29-26(35)25(34)24(33)20(5)37-29)16-31(8)21(12-10-17(2)14-15-32)19(4)11-13-23(31)30(27,6)7/h9,11,14,20-27,29,32-35H,10,12-13,15-16H2,1-8H3/b17-14+,18-9-/t20-,21+,22-,23+,24+,25+,26-,27+,29+,31+/m0/s1. The largest absolute Gasteiger partial charge is 0.456 e. The van der Waals surface area contributed by atoms with Gasteiger partial charge < -0.3 is 34.6 Å². The van der Waals surface area contributed by atoms with Crippen LogP contribution in [-0.4, -0.2) is 75.9 Å². The van der Waals surface area contributed by atoms with Gasteiger partial charge in [-0.3, -0.25) is 0 Å². The Morgan fingerprint density at radius 3 is 2.44 bits per heavy atom. The van der Waals surface area contributed by atoms with Crippen molar-refractivity contribution >= 4 is 5.97 Å². The summed E-state index contributed by atoms with van der Waals surface area (Å²) >= 11 is 0. The third-order valence-electron chi connectivity index (χ3n) is 9.80. The summed E-state index contributed by atoms with van der Waals surface area (Å²) in [6, 6.07) is 0. The van der Waals surface area contributed by atoms with Crippen molar-refractivity contribution in [2.45, 2.75) is 124 Å². The Hall–Kier alpha value is -1.55. The zero-order chi connectivity index (χ0) is 29.3. The fourth-order valence-electron chi connectivity index (χ4n) is 7.29. The first-order chi connectivity index (χ1) is 18.2. The monoisotopic (exact) mass is 550 g/mol. The maximum absolute atomic E-state index is 13.0. The lowest BCUT2D eigenvalue weighted by atomic mass is 9.46. The molecule has 10 atom stereocenters. The molecule has 1 saturated carbocycles. The number of carbonyl (C=O) groups is 1. The van der Waals surface area contributed by atoms with Gasteiger partial charge in [0.1, 0.15) is 24.4 Å². The van der Waals surface area contributed by atoms with Gasteiger partial charge in [0, 0.05) is 11.0 Å². The summed E-state index contributed by atoms with van der Waals surface area (Å²) in [5.74, 6) is 0.0135. The van der Waals surface area contributed by atoms with Crippen molar-refractivity contribution < 1.29 is 39.4 Å². The van der Waals surface area contributed by atoms with Crippen molar-refractivity contribution in [1.29, 1.82) is 0 Å². The number of aliphatic hydroxyl groups is 4. The Morgan fingerprint density at radius 1 is 1.15 bits per heavy atom. The van der Waals surface area contributed by atoms with E-state index in [4.69, 9.17) is 14.2 Å². The van der Waals surface area contributed by atoms with Crippen LogP contribution in [0.15, 0.2) is 34.9 Å². The molecule has 0 unspecified atom stereocenters. The van der Waals surface area contributed by atoms with E-state index in [1.54, 1.807) is 26.8 Å². The molecule has 3 rings (SSSR count). The van der Waals surface area contributed by atoms with Gasteiger partial charge in [-0.2, -0.15) is 0 Å². The number of carbonyl (C=O) groups excluding carboxylic acids is 1. The van der Waals surface area contributed by atoms with Crippen LogP contribution in [0.4, 0.5) is 0 Å². The topological polar surface area (TPSA) is 126 Å². The van der Waals surface area contributed by atoms with Gasteiger partial charge in [0.25, 0.3) is 0 Å². The predicted molar refractivity (Wildman–Crippen MR) is 148 cm³/mol. The highest BCUT2D eigenvalue weighted by Gasteiger charge is 2.61. The van der Waals surface area contributed by atoms with Crippen molar-refractivity contribution in [3.05, 3.63) is 34.9 Å². The lowest BCUT2D eigenvalue weighted by Crippen LogP contribution is -2.64. The van der Waals surface area contributed by atoms with Gasteiger partial charge >= 0.3 is 5.97 Å². The summed E-state index contributed by atoms with van der Waals surface area (Å²) in [6.45, 7) is 15.9. The molecule has 0 amide bonds. The molecule has 1 saturated heterocycles. The molecule has 2 fully saturated rings. The Labute approximate surface area is 233 Å². The van der Waals surface area contributed by atoms with E-state index in [1.807, 2.05) is 13.0 Å². The minimum absolute atomic E-state index is 0.0233. The molecule has 39 heavy (non-hydrogen) atoms. The summed E-state index contributed by atoms with van der Waals surface area (Å²) in [6.07, 6.45) is 1.78. The predicted octanol–water partition coefficient (Wildman–Crippen LogP) is 3.81. The zero-order valence-corrected chi connectivity index (χ0v) is 24.9. The average Bonchev–Trinajstić information content (AvgIpc) is 2.87. The molecular weight excluding hydrogens is 500 g/mol. The molecule has 0 aromatic carbocycles. The molecular formula is C31H50O8. The summed E-state index contributed by atoms with van der Waals surface area (Å²) in [5, 5.41) is 40.7. The Morgan fingerprint density at radius 2 is 1.82 bits per heavy atom. The van der Waals surface area contributed by atoms with E-state index in [0.29, 0.717) is 12.0 Å². The van der Waals surface area contributed by atoms with Gasteiger partial charge in [0.15, 0.2) is 6.29 Å². The smallest absolute Gasteiger partial charge is 0.333 e. The van der Waals surface area contributed by atoms with Crippen LogP contribution in [0.3, 0.4) is 0 Å². The number of aliphatic hydroxyl groups excluding tert-OH is 4. The van der Waals surface area contributed by atoms with Gasteiger partial charge in [0.05, 0.1) is 18.8 Å². The normalized spacial score (nSPS) is 41.0. The van der Waals surface area contributed by atoms with Crippen LogP contribution in [0.1, 0.15) is 81.1 Å². The zero-order valence-electron chi connectivity index (χ0n) is 24.9. The van der Waals surface area contributed by atoms with E-state index in [9.17, 15) is 25.2 Å². The highest BCUT2D eigenvalue weighted by Crippen LogP contribution is 2.62. The van der Waals surface area contributed by atoms with E-state index in [2.05, 4.69) is 33.8 Å². The molecule has 3 aliphatic rings. The number of hydrogen-bond acceptors (Lipinski definition) is 8. The SMILES string of the molecule is C/C=C(/C)C(=O)O[C@@H]1[C@@H](O[C@H]2O[C@@H](C)[C@@H](O)[C@@H](O)[C@@H]2O)C[C@]2(C)[C@H](CC/C(C)=C/CO)C(C)=CC[C@@H]2C1(C)C. The van der Waals surface area contributed by atoms with Gasteiger partial charge in [-0.1, -0.05) is 50.1 Å². The lowest BCUT2D eigenvalue weighted by molar-refractivity contribution is -0.325. The van der Waals surface area contributed by atoms with E-state index in [-0.39, 0.29) is 23.9 Å². The molecule has 0 aromatic rings. The van der Waals surface area contributed by atoms with Crippen LogP contribution in [0, 0.1) is 22.7 Å². The van der Waals surface area contributed by atoms with E-state index < -0.39 is 54.3 Å². The third-order valence-corrected chi connectivity index (χ3v) is 9.80. The molecule has 0 aromatic heterocycles. The molecule has 222 valence electrons. The fourth-order valence-corrected chi connectivity index (χ4v) is 7.29. The quantitative estimate of drug-likeness (QED) is 0.204. The highest BCUT2D eigenvalue weighted by atomic mass is 16.7. The van der Waals surface area contributed by atoms with E-state index in [1.165, 1.54) is 5.57 Å². The van der Waals surface area contributed by atoms with Gasteiger partial charge in [0.2, 0.25) is 0 Å².